The number of amides is 1. The molecule has 0 aromatic heterocycles. The van der Waals surface area contributed by atoms with Crippen LogP contribution in [-0.4, -0.2) is 23.2 Å². The summed E-state index contributed by atoms with van der Waals surface area (Å²) >= 11 is 0. The average Bonchev–Trinajstić information content (AvgIpc) is 2.42. The second kappa shape index (κ2) is 5.30. The third-order valence-corrected chi connectivity index (χ3v) is 2.57. The van der Waals surface area contributed by atoms with Crippen molar-refractivity contribution >= 4 is 11.6 Å². The molecule has 0 aliphatic carbocycles. The average molecular weight is 259 g/mol. The molecule has 0 aliphatic heterocycles. The summed E-state index contributed by atoms with van der Waals surface area (Å²) in [5.41, 5.74) is 0.928. The number of ether oxygens (including phenoxy) is 1. The van der Waals surface area contributed by atoms with Crippen molar-refractivity contribution in [3.8, 4) is 17.2 Å². The van der Waals surface area contributed by atoms with Crippen LogP contribution in [0.2, 0.25) is 0 Å². The van der Waals surface area contributed by atoms with Gasteiger partial charge in [0.1, 0.15) is 5.75 Å². The van der Waals surface area contributed by atoms with Gasteiger partial charge in [0.15, 0.2) is 11.5 Å². The lowest BCUT2D eigenvalue weighted by atomic mass is 10.2. The number of aromatic hydroxyl groups is 2. The summed E-state index contributed by atoms with van der Waals surface area (Å²) in [5, 5.41) is 21.3. The minimum Gasteiger partial charge on any atom is -0.508 e. The first-order valence-electron chi connectivity index (χ1n) is 5.57. The van der Waals surface area contributed by atoms with Gasteiger partial charge in [-0.25, -0.2) is 0 Å². The Bertz CT molecular complexity index is 593. The minimum absolute atomic E-state index is 0.0244. The number of carbonyl (C=O) groups excluding carboxylic acids is 1. The Labute approximate surface area is 110 Å². The van der Waals surface area contributed by atoms with Crippen molar-refractivity contribution in [2.45, 2.75) is 0 Å². The van der Waals surface area contributed by atoms with Gasteiger partial charge in [-0.3, -0.25) is 4.79 Å². The van der Waals surface area contributed by atoms with Crippen molar-refractivity contribution in [3.63, 3.8) is 0 Å². The molecule has 0 unspecified atom stereocenters. The van der Waals surface area contributed by atoms with E-state index in [1.54, 1.807) is 12.1 Å². The molecule has 98 valence electrons. The molecule has 5 nitrogen and oxygen atoms in total. The van der Waals surface area contributed by atoms with Crippen LogP contribution >= 0.6 is 0 Å². The molecular formula is C14H13NO4. The minimum atomic E-state index is -0.330. The molecule has 19 heavy (non-hydrogen) atoms. The van der Waals surface area contributed by atoms with E-state index in [-0.39, 0.29) is 23.2 Å². The van der Waals surface area contributed by atoms with E-state index >= 15 is 0 Å². The van der Waals surface area contributed by atoms with Crippen molar-refractivity contribution in [1.82, 2.24) is 0 Å². The van der Waals surface area contributed by atoms with Crippen molar-refractivity contribution < 1.29 is 19.7 Å². The zero-order valence-electron chi connectivity index (χ0n) is 10.3. The lowest BCUT2D eigenvalue weighted by Gasteiger charge is -2.08. The van der Waals surface area contributed by atoms with Gasteiger partial charge >= 0.3 is 0 Å². The molecule has 3 N–H and O–H groups in total. The highest BCUT2D eigenvalue weighted by molar-refractivity contribution is 6.04. The highest BCUT2D eigenvalue weighted by Crippen LogP contribution is 2.26. The van der Waals surface area contributed by atoms with Crippen LogP contribution in [0.4, 0.5) is 5.69 Å². The van der Waals surface area contributed by atoms with E-state index in [2.05, 4.69) is 5.32 Å². The summed E-state index contributed by atoms with van der Waals surface area (Å²) in [7, 11) is 1.41. The SMILES string of the molecule is COc1cc(C(=O)Nc2ccc(O)cc2)ccc1O. The smallest absolute Gasteiger partial charge is 0.255 e. The first kappa shape index (κ1) is 12.8. The maximum absolute atomic E-state index is 12.0. The Balaban J connectivity index is 2.18. The van der Waals surface area contributed by atoms with Crippen LogP contribution in [0.3, 0.4) is 0 Å². The molecular weight excluding hydrogens is 246 g/mol. The first-order valence-corrected chi connectivity index (χ1v) is 5.57. The van der Waals surface area contributed by atoms with E-state index in [4.69, 9.17) is 9.84 Å². The number of phenolic OH excluding ortho intramolecular Hbond substituents is 2. The number of carbonyl (C=O) groups is 1. The monoisotopic (exact) mass is 259 g/mol. The molecule has 2 aromatic carbocycles. The summed E-state index contributed by atoms with van der Waals surface area (Å²) in [6.07, 6.45) is 0. The number of rotatable bonds is 3. The molecule has 0 radical (unpaired) electrons. The molecule has 0 saturated heterocycles. The van der Waals surface area contributed by atoms with E-state index in [1.807, 2.05) is 0 Å². The van der Waals surface area contributed by atoms with Crippen molar-refractivity contribution in [3.05, 3.63) is 48.0 Å². The number of methoxy groups -OCH3 is 1. The van der Waals surface area contributed by atoms with E-state index in [9.17, 15) is 9.90 Å². The topological polar surface area (TPSA) is 78.8 Å². The Kier molecular flexibility index (Phi) is 3.56. The Hall–Kier alpha value is -2.69. The summed E-state index contributed by atoms with van der Waals surface area (Å²) in [6, 6.07) is 10.5. The third kappa shape index (κ3) is 2.95. The molecule has 0 aliphatic rings. The lowest BCUT2D eigenvalue weighted by molar-refractivity contribution is 0.102. The number of hydrogen-bond acceptors (Lipinski definition) is 4. The molecule has 0 saturated carbocycles. The van der Waals surface area contributed by atoms with Crippen molar-refractivity contribution in [1.29, 1.82) is 0 Å². The predicted octanol–water partition coefficient (Wildman–Crippen LogP) is 2.36. The fourth-order valence-electron chi connectivity index (χ4n) is 1.57. The second-order valence-electron chi connectivity index (χ2n) is 3.89. The van der Waals surface area contributed by atoms with Gasteiger partial charge in [0.25, 0.3) is 5.91 Å². The molecule has 0 spiro atoms. The van der Waals surface area contributed by atoms with Crippen LogP contribution in [0.1, 0.15) is 10.4 Å². The quantitative estimate of drug-likeness (QED) is 0.739. The Morgan fingerprint density at radius 3 is 2.42 bits per heavy atom. The van der Waals surface area contributed by atoms with Crippen LogP contribution < -0.4 is 10.1 Å². The Morgan fingerprint density at radius 1 is 1.11 bits per heavy atom. The summed E-state index contributed by atoms with van der Waals surface area (Å²) in [4.78, 5) is 12.0. The predicted molar refractivity (Wildman–Crippen MR) is 70.7 cm³/mol. The lowest BCUT2D eigenvalue weighted by Crippen LogP contribution is -2.11. The fraction of sp³-hybridized carbons (Fsp3) is 0.0714. The van der Waals surface area contributed by atoms with Gasteiger partial charge < -0.3 is 20.3 Å². The number of benzene rings is 2. The summed E-state index contributed by atoms with van der Waals surface area (Å²) in [5.74, 6) is 0.00957. The van der Waals surface area contributed by atoms with Gasteiger partial charge in [-0.1, -0.05) is 0 Å². The Morgan fingerprint density at radius 2 is 1.79 bits per heavy atom. The molecule has 0 fully saturated rings. The van der Waals surface area contributed by atoms with Crippen LogP contribution in [0.15, 0.2) is 42.5 Å². The molecule has 2 rings (SSSR count). The molecule has 0 heterocycles. The van der Waals surface area contributed by atoms with Crippen LogP contribution in [-0.2, 0) is 0 Å². The molecule has 5 heteroatoms. The highest BCUT2D eigenvalue weighted by atomic mass is 16.5. The first-order chi connectivity index (χ1) is 9.10. The molecule has 1 amide bonds. The van der Waals surface area contributed by atoms with Gasteiger partial charge in [-0.15, -0.1) is 0 Å². The largest absolute Gasteiger partial charge is 0.508 e. The van der Waals surface area contributed by atoms with Gasteiger partial charge in [-0.05, 0) is 42.5 Å². The third-order valence-electron chi connectivity index (χ3n) is 2.57. The molecule has 2 aromatic rings. The molecule has 0 atom stereocenters. The van der Waals surface area contributed by atoms with E-state index in [0.717, 1.165) is 0 Å². The number of hydrogen-bond donors (Lipinski definition) is 3. The number of anilines is 1. The molecule has 0 bridgehead atoms. The van der Waals surface area contributed by atoms with Gasteiger partial charge in [0, 0.05) is 11.3 Å². The van der Waals surface area contributed by atoms with Crippen molar-refractivity contribution in [2.24, 2.45) is 0 Å². The highest BCUT2D eigenvalue weighted by Gasteiger charge is 2.10. The van der Waals surface area contributed by atoms with Crippen LogP contribution in [0, 0.1) is 0 Å². The zero-order chi connectivity index (χ0) is 13.8. The van der Waals surface area contributed by atoms with Gasteiger partial charge in [0.2, 0.25) is 0 Å². The standard InChI is InChI=1S/C14H13NO4/c1-19-13-8-9(2-7-12(13)17)14(18)15-10-3-5-11(16)6-4-10/h2-8,16-17H,1H3,(H,15,18). The fourth-order valence-corrected chi connectivity index (χ4v) is 1.57. The number of phenols is 2. The van der Waals surface area contributed by atoms with Crippen LogP contribution in [0.25, 0.3) is 0 Å². The van der Waals surface area contributed by atoms with E-state index in [1.165, 1.54) is 37.4 Å². The van der Waals surface area contributed by atoms with E-state index in [0.29, 0.717) is 11.3 Å². The second-order valence-corrected chi connectivity index (χ2v) is 3.89. The van der Waals surface area contributed by atoms with Crippen LogP contribution in [0.5, 0.6) is 17.2 Å². The maximum atomic E-state index is 12.0. The number of nitrogens with one attached hydrogen (secondary N) is 1. The zero-order valence-corrected chi connectivity index (χ0v) is 10.3. The normalized spacial score (nSPS) is 9.95. The van der Waals surface area contributed by atoms with Gasteiger partial charge in [0.05, 0.1) is 7.11 Å². The maximum Gasteiger partial charge on any atom is 0.255 e. The van der Waals surface area contributed by atoms with E-state index < -0.39 is 0 Å². The van der Waals surface area contributed by atoms with Crippen molar-refractivity contribution in [2.75, 3.05) is 12.4 Å². The summed E-state index contributed by atoms with van der Waals surface area (Å²) in [6.45, 7) is 0. The van der Waals surface area contributed by atoms with Gasteiger partial charge in [-0.2, -0.15) is 0 Å². The summed E-state index contributed by atoms with van der Waals surface area (Å²) < 4.78 is 4.94.